The highest BCUT2D eigenvalue weighted by Gasteiger charge is 2.32. The summed E-state index contributed by atoms with van der Waals surface area (Å²) in [5.74, 6) is -2.75. The van der Waals surface area contributed by atoms with Crippen LogP contribution in [0.5, 0.6) is 0 Å². The fourth-order valence-corrected chi connectivity index (χ4v) is 1.40. The maximum absolute atomic E-state index is 13.7. The van der Waals surface area contributed by atoms with Crippen LogP contribution in [0.1, 0.15) is 24.5 Å². The summed E-state index contributed by atoms with van der Waals surface area (Å²) < 4.78 is 27.4. The molecule has 0 fully saturated rings. The van der Waals surface area contributed by atoms with Crippen molar-refractivity contribution in [1.29, 1.82) is 0 Å². The molecule has 1 rings (SSSR count). The van der Waals surface area contributed by atoms with Crippen LogP contribution in [0.2, 0.25) is 0 Å². The summed E-state index contributed by atoms with van der Waals surface area (Å²) in [6, 6.07) is 6.23. The first kappa shape index (κ1) is 12.1. The minimum Gasteiger partial charge on any atom is -0.317 e. The molecule has 0 aliphatic carbocycles. The summed E-state index contributed by atoms with van der Waals surface area (Å²) in [5.41, 5.74) is 1.09. The fraction of sp³-hybridized carbons (Fsp3) is 0.500. The Labute approximate surface area is 89.5 Å². The van der Waals surface area contributed by atoms with E-state index in [1.807, 2.05) is 6.92 Å². The van der Waals surface area contributed by atoms with Crippen molar-refractivity contribution in [3.63, 3.8) is 0 Å². The lowest BCUT2D eigenvalue weighted by Gasteiger charge is -2.20. The molecule has 1 aromatic rings. The van der Waals surface area contributed by atoms with Crippen molar-refractivity contribution >= 4 is 0 Å². The molecule has 1 atom stereocenters. The van der Waals surface area contributed by atoms with Gasteiger partial charge in [-0.15, -0.1) is 0 Å². The monoisotopic (exact) mass is 213 g/mol. The SMILES string of the molecule is CNC(C)CC(F)(F)c1ccc(C)cc1. The van der Waals surface area contributed by atoms with Gasteiger partial charge in [-0.1, -0.05) is 29.8 Å². The molecule has 0 bridgehead atoms. The van der Waals surface area contributed by atoms with Gasteiger partial charge in [-0.25, -0.2) is 8.78 Å². The maximum Gasteiger partial charge on any atom is 0.274 e. The van der Waals surface area contributed by atoms with E-state index in [1.165, 1.54) is 12.1 Å². The summed E-state index contributed by atoms with van der Waals surface area (Å²) in [4.78, 5) is 0. The Morgan fingerprint density at radius 2 is 1.80 bits per heavy atom. The second-order valence-corrected chi connectivity index (χ2v) is 3.96. The van der Waals surface area contributed by atoms with Gasteiger partial charge in [-0.05, 0) is 20.9 Å². The zero-order valence-electron chi connectivity index (χ0n) is 9.35. The quantitative estimate of drug-likeness (QED) is 0.810. The molecule has 1 N–H and O–H groups in total. The molecule has 0 heterocycles. The van der Waals surface area contributed by atoms with Crippen LogP contribution < -0.4 is 5.32 Å². The minimum atomic E-state index is -2.75. The Balaban J connectivity index is 2.80. The van der Waals surface area contributed by atoms with Gasteiger partial charge in [0.25, 0.3) is 5.92 Å². The number of nitrogens with one attached hydrogen (secondary N) is 1. The van der Waals surface area contributed by atoms with Crippen LogP contribution in [0.25, 0.3) is 0 Å². The molecule has 0 aliphatic heterocycles. The van der Waals surface area contributed by atoms with Crippen LogP contribution >= 0.6 is 0 Å². The first-order valence-corrected chi connectivity index (χ1v) is 5.08. The molecular weight excluding hydrogens is 196 g/mol. The van der Waals surface area contributed by atoms with Gasteiger partial charge in [-0.2, -0.15) is 0 Å². The molecule has 1 aromatic carbocycles. The maximum atomic E-state index is 13.7. The number of hydrogen-bond acceptors (Lipinski definition) is 1. The Kier molecular flexibility index (Phi) is 3.80. The molecule has 0 amide bonds. The number of hydrogen-bond donors (Lipinski definition) is 1. The number of alkyl halides is 2. The number of aryl methyl sites for hydroxylation is 1. The molecular formula is C12H17F2N. The number of halogens is 2. The molecule has 1 nitrogen and oxygen atoms in total. The molecule has 0 aliphatic rings. The highest BCUT2D eigenvalue weighted by Crippen LogP contribution is 2.32. The van der Waals surface area contributed by atoms with Crippen LogP contribution in [-0.2, 0) is 5.92 Å². The third-order valence-electron chi connectivity index (χ3n) is 2.53. The summed E-state index contributed by atoms with van der Waals surface area (Å²) in [7, 11) is 1.69. The van der Waals surface area contributed by atoms with Crippen molar-refractivity contribution < 1.29 is 8.78 Å². The minimum absolute atomic E-state index is 0.0928. The van der Waals surface area contributed by atoms with Crippen molar-refractivity contribution in [2.45, 2.75) is 32.2 Å². The highest BCUT2D eigenvalue weighted by molar-refractivity contribution is 5.25. The smallest absolute Gasteiger partial charge is 0.274 e. The standard InChI is InChI=1S/C12H17F2N/c1-9-4-6-11(7-5-9)12(13,14)8-10(2)15-3/h4-7,10,15H,8H2,1-3H3. The lowest BCUT2D eigenvalue weighted by Crippen LogP contribution is -2.29. The second kappa shape index (κ2) is 4.71. The fourth-order valence-electron chi connectivity index (χ4n) is 1.40. The van der Waals surface area contributed by atoms with E-state index in [0.29, 0.717) is 0 Å². The van der Waals surface area contributed by atoms with E-state index in [0.717, 1.165) is 5.56 Å². The summed E-state index contributed by atoms with van der Waals surface area (Å²) in [5, 5.41) is 2.82. The molecule has 1 unspecified atom stereocenters. The lowest BCUT2D eigenvalue weighted by molar-refractivity contribution is -0.0207. The van der Waals surface area contributed by atoms with Gasteiger partial charge >= 0.3 is 0 Å². The number of benzene rings is 1. The van der Waals surface area contributed by atoms with Gasteiger partial charge in [0.1, 0.15) is 0 Å². The molecule has 0 saturated heterocycles. The Hall–Kier alpha value is -0.960. The largest absolute Gasteiger partial charge is 0.317 e. The first-order valence-electron chi connectivity index (χ1n) is 5.08. The number of rotatable bonds is 4. The van der Waals surface area contributed by atoms with E-state index in [2.05, 4.69) is 5.32 Å². The van der Waals surface area contributed by atoms with Crippen LogP contribution in [0, 0.1) is 6.92 Å². The van der Waals surface area contributed by atoms with E-state index in [-0.39, 0.29) is 18.0 Å². The molecule has 84 valence electrons. The van der Waals surface area contributed by atoms with E-state index < -0.39 is 5.92 Å². The predicted octanol–water partition coefficient (Wildman–Crippen LogP) is 3.08. The van der Waals surface area contributed by atoms with Gasteiger partial charge in [0.15, 0.2) is 0 Å². The molecule has 0 aromatic heterocycles. The molecule has 0 spiro atoms. The van der Waals surface area contributed by atoms with E-state index >= 15 is 0 Å². The second-order valence-electron chi connectivity index (χ2n) is 3.96. The average molecular weight is 213 g/mol. The Bertz CT molecular complexity index is 306. The summed E-state index contributed by atoms with van der Waals surface area (Å²) >= 11 is 0. The molecule has 0 saturated carbocycles. The Morgan fingerprint density at radius 3 is 2.27 bits per heavy atom. The zero-order valence-corrected chi connectivity index (χ0v) is 9.35. The van der Waals surface area contributed by atoms with Crippen molar-refractivity contribution in [2.75, 3.05) is 7.05 Å². The van der Waals surface area contributed by atoms with Gasteiger partial charge < -0.3 is 5.32 Å². The highest BCUT2D eigenvalue weighted by atomic mass is 19.3. The predicted molar refractivity (Wildman–Crippen MR) is 58.2 cm³/mol. The van der Waals surface area contributed by atoms with Crippen LogP contribution in [0.15, 0.2) is 24.3 Å². The van der Waals surface area contributed by atoms with Gasteiger partial charge in [0, 0.05) is 18.0 Å². The van der Waals surface area contributed by atoms with Crippen molar-refractivity contribution in [3.8, 4) is 0 Å². The molecule has 0 radical (unpaired) electrons. The third kappa shape index (κ3) is 3.27. The summed E-state index contributed by atoms with van der Waals surface area (Å²) in [6.45, 7) is 3.64. The molecule has 3 heteroatoms. The zero-order chi connectivity index (χ0) is 11.5. The van der Waals surface area contributed by atoms with E-state index in [9.17, 15) is 8.78 Å². The van der Waals surface area contributed by atoms with Gasteiger partial charge in [-0.3, -0.25) is 0 Å². The summed E-state index contributed by atoms with van der Waals surface area (Å²) in [6.07, 6.45) is -0.174. The average Bonchev–Trinajstić information content (AvgIpc) is 2.17. The van der Waals surface area contributed by atoms with E-state index in [1.54, 1.807) is 26.1 Å². The first-order chi connectivity index (χ1) is 6.95. The van der Waals surface area contributed by atoms with Gasteiger partial charge in [0.2, 0.25) is 0 Å². The van der Waals surface area contributed by atoms with Crippen LogP contribution in [0.4, 0.5) is 8.78 Å². The molecule has 15 heavy (non-hydrogen) atoms. The van der Waals surface area contributed by atoms with Crippen molar-refractivity contribution in [2.24, 2.45) is 0 Å². The van der Waals surface area contributed by atoms with Crippen LogP contribution in [-0.4, -0.2) is 13.1 Å². The lowest BCUT2D eigenvalue weighted by atomic mass is 10.0. The van der Waals surface area contributed by atoms with Crippen molar-refractivity contribution in [1.82, 2.24) is 5.32 Å². The normalized spacial score (nSPS) is 13.9. The third-order valence-corrected chi connectivity index (χ3v) is 2.53. The van der Waals surface area contributed by atoms with Gasteiger partial charge in [0.05, 0.1) is 0 Å². The van der Waals surface area contributed by atoms with Crippen molar-refractivity contribution in [3.05, 3.63) is 35.4 Å². The van der Waals surface area contributed by atoms with E-state index in [4.69, 9.17) is 0 Å². The Morgan fingerprint density at radius 1 is 1.27 bits per heavy atom. The van der Waals surface area contributed by atoms with Crippen LogP contribution in [0.3, 0.4) is 0 Å². The topological polar surface area (TPSA) is 12.0 Å².